The van der Waals surface area contributed by atoms with Gasteiger partial charge in [0.05, 0.1) is 0 Å². The molecule has 1 aliphatic rings. The van der Waals surface area contributed by atoms with Gasteiger partial charge >= 0.3 is 0 Å². The molecule has 0 bridgehead atoms. The van der Waals surface area contributed by atoms with Crippen LogP contribution in [0.25, 0.3) is 0 Å². The molecule has 1 aliphatic carbocycles. The van der Waals surface area contributed by atoms with Crippen LogP contribution in [0.5, 0.6) is 11.5 Å². The van der Waals surface area contributed by atoms with E-state index in [9.17, 15) is 4.79 Å². The number of amides is 1. The third-order valence-electron chi connectivity index (χ3n) is 3.79. The summed E-state index contributed by atoms with van der Waals surface area (Å²) in [6.45, 7) is 4.13. The number of carbonyl (C=O) groups is 1. The zero-order chi connectivity index (χ0) is 14.8. The Kier molecular flexibility index (Phi) is 3.65. The molecule has 2 atom stereocenters. The molecule has 1 fully saturated rings. The largest absolute Gasteiger partial charge is 0.457 e. The van der Waals surface area contributed by atoms with Gasteiger partial charge in [0.15, 0.2) is 0 Å². The molecule has 2 aromatic rings. The van der Waals surface area contributed by atoms with E-state index in [1.54, 1.807) is 0 Å². The highest BCUT2D eigenvalue weighted by Crippen LogP contribution is 2.38. The summed E-state index contributed by atoms with van der Waals surface area (Å²) in [5.41, 5.74) is 1.98. The van der Waals surface area contributed by atoms with Crippen molar-refractivity contribution in [2.75, 3.05) is 5.32 Å². The summed E-state index contributed by atoms with van der Waals surface area (Å²) in [6.07, 6.45) is 1.00. The van der Waals surface area contributed by atoms with Gasteiger partial charge in [-0.1, -0.05) is 19.1 Å². The average Bonchev–Trinajstić information content (AvgIpc) is 3.18. The second-order valence-electron chi connectivity index (χ2n) is 5.75. The fourth-order valence-electron chi connectivity index (χ4n) is 2.34. The predicted molar refractivity (Wildman–Crippen MR) is 83.6 cm³/mol. The molecular weight excluding hydrogens is 262 g/mol. The first kappa shape index (κ1) is 13.7. The maximum Gasteiger partial charge on any atom is 0.227 e. The van der Waals surface area contributed by atoms with Crippen LogP contribution in [0.4, 0.5) is 5.69 Å². The van der Waals surface area contributed by atoms with Crippen molar-refractivity contribution in [2.45, 2.75) is 20.3 Å². The fraction of sp³-hybridized carbons (Fsp3) is 0.278. The van der Waals surface area contributed by atoms with Crippen LogP contribution < -0.4 is 10.1 Å². The first-order chi connectivity index (χ1) is 10.1. The van der Waals surface area contributed by atoms with E-state index in [-0.39, 0.29) is 11.8 Å². The van der Waals surface area contributed by atoms with Crippen LogP contribution in [0.1, 0.15) is 18.9 Å². The van der Waals surface area contributed by atoms with E-state index >= 15 is 0 Å². The molecule has 1 saturated carbocycles. The molecule has 0 saturated heterocycles. The highest BCUT2D eigenvalue weighted by molar-refractivity contribution is 5.94. The summed E-state index contributed by atoms with van der Waals surface area (Å²) in [4.78, 5) is 11.9. The second kappa shape index (κ2) is 5.60. The molecule has 1 amide bonds. The first-order valence-corrected chi connectivity index (χ1v) is 7.27. The van der Waals surface area contributed by atoms with Crippen molar-refractivity contribution in [3.63, 3.8) is 0 Å². The van der Waals surface area contributed by atoms with Gasteiger partial charge in [0, 0.05) is 11.6 Å². The summed E-state index contributed by atoms with van der Waals surface area (Å²) in [5, 5.41) is 2.94. The molecule has 0 spiro atoms. The molecular formula is C18H19NO2. The Morgan fingerprint density at radius 2 is 1.86 bits per heavy atom. The lowest BCUT2D eigenvalue weighted by Gasteiger charge is -2.08. The number of nitrogens with one attached hydrogen (secondary N) is 1. The third-order valence-corrected chi connectivity index (χ3v) is 3.79. The van der Waals surface area contributed by atoms with E-state index in [1.807, 2.05) is 55.5 Å². The Balaban J connectivity index is 1.62. The molecule has 108 valence electrons. The van der Waals surface area contributed by atoms with Crippen molar-refractivity contribution in [3.05, 3.63) is 54.1 Å². The minimum Gasteiger partial charge on any atom is -0.457 e. The minimum atomic E-state index is 0.120. The van der Waals surface area contributed by atoms with Crippen molar-refractivity contribution >= 4 is 11.6 Å². The molecule has 0 unspecified atom stereocenters. The summed E-state index contributed by atoms with van der Waals surface area (Å²) in [7, 11) is 0. The minimum absolute atomic E-state index is 0.120. The van der Waals surface area contributed by atoms with Crippen molar-refractivity contribution in [2.24, 2.45) is 11.8 Å². The van der Waals surface area contributed by atoms with Crippen molar-refractivity contribution < 1.29 is 9.53 Å². The Morgan fingerprint density at radius 1 is 1.14 bits per heavy atom. The van der Waals surface area contributed by atoms with Crippen molar-refractivity contribution in [1.82, 2.24) is 0 Å². The Bertz CT molecular complexity index is 649. The third kappa shape index (κ3) is 3.43. The fourth-order valence-corrected chi connectivity index (χ4v) is 2.34. The topological polar surface area (TPSA) is 38.3 Å². The standard InChI is InChI=1S/C18H19NO2/c1-12-4-3-5-16(10-12)21-15-8-6-14(7-9-15)19-18(20)17-11-13(17)2/h3-10,13,17H,11H2,1-2H3,(H,19,20)/t13-,17-/m0/s1. The zero-order valence-electron chi connectivity index (χ0n) is 12.3. The smallest absolute Gasteiger partial charge is 0.227 e. The maximum atomic E-state index is 11.9. The normalized spacial score (nSPS) is 19.9. The number of rotatable bonds is 4. The van der Waals surface area contributed by atoms with Gasteiger partial charge < -0.3 is 10.1 Å². The average molecular weight is 281 g/mol. The number of hydrogen-bond acceptors (Lipinski definition) is 2. The Hall–Kier alpha value is -2.29. The lowest BCUT2D eigenvalue weighted by atomic mass is 10.2. The summed E-state index contributed by atoms with van der Waals surface area (Å²) >= 11 is 0. The van der Waals surface area contributed by atoms with E-state index in [0.29, 0.717) is 5.92 Å². The van der Waals surface area contributed by atoms with Gasteiger partial charge in [-0.3, -0.25) is 4.79 Å². The molecule has 1 N–H and O–H groups in total. The molecule has 21 heavy (non-hydrogen) atoms. The lowest BCUT2D eigenvalue weighted by Crippen LogP contribution is -2.14. The van der Waals surface area contributed by atoms with Crippen LogP contribution in [-0.4, -0.2) is 5.91 Å². The number of hydrogen-bond donors (Lipinski definition) is 1. The Morgan fingerprint density at radius 3 is 2.48 bits per heavy atom. The lowest BCUT2D eigenvalue weighted by molar-refractivity contribution is -0.117. The van der Waals surface area contributed by atoms with Crippen LogP contribution in [-0.2, 0) is 4.79 Å². The van der Waals surface area contributed by atoms with E-state index in [2.05, 4.69) is 12.2 Å². The van der Waals surface area contributed by atoms with Gasteiger partial charge in [0.1, 0.15) is 11.5 Å². The number of carbonyl (C=O) groups excluding carboxylic acids is 1. The predicted octanol–water partition coefficient (Wildman–Crippen LogP) is 4.38. The number of benzene rings is 2. The zero-order valence-corrected chi connectivity index (χ0v) is 12.3. The van der Waals surface area contributed by atoms with E-state index in [4.69, 9.17) is 4.74 Å². The molecule has 3 rings (SSSR count). The van der Waals surface area contributed by atoms with Gasteiger partial charge in [0.2, 0.25) is 5.91 Å². The van der Waals surface area contributed by atoms with Gasteiger partial charge in [-0.2, -0.15) is 0 Å². The van der Waals surface area contributed by atoms with E-state index in [1.165, 1.54) is 0 Å². The quantitative estimate of drug-likeness (QED) is 0.903. The van der Waals surface area contributed by atoms with Gasteiger partial charge in [-0.05, 0) is 61.2 Å². The summed E-state index contributed by atoms with van der Waals surface area (Å²) < 4.78 is 5.78. The van der Waals surface area contributed by atoms with E-state index in [0.717, 1.165) is 29.2 Å². The van der Waals surface area contributed by atoms with Crippen LogP contribution in [0.3, 0.4) is 0 Å². The SMILES string of the molecule is Cc1cccc(Oc2ccc(NC(=O)[C@H]3C[C@@H]3C)cc2)c1. The van der Waals surface area contributed by atoms with Crippen LogP contribution in [0.15, 0.2) is 48.5 Å². The molecule has 0 aliphatic heterocycles. The van der Waals surface area contributed by atoms with Crippen molar-refractivity contribution in [1.29, 1.82) is 0 Å². The Labute approximate surface area is 124 Å². The van der Waals surface area contributed by atoms with Gasteiger partial charge in [0.25, 0.3) is 0 Å². The van der Waals surface area contributed by atoms with Gasteiger partial charge in [-0.15, -0.1) is 0 Å². The monoisotopic (exact) mass is 281 g/mol. The molecule has 2 aromatic carbocycles. The number of aryl methyl sites for hydroxylation is 1. The van der Waals surface area contributed by atoms with E-state index < -0.39 is 0 Å². The first-order valence-electron chi connectivity index (χ1n) is 7.27. The summed E-state index contributed by atoms with van der Waals surface area (Å²) in [5.74, 6) is 2.41. The van der Waals surface area contributed by atoms with Crippen LogP contribution in [0.2, 0.25) is 0 Å². The van der Waals surface area contributed by atoms with Crippen LogP contribution in [0, 0.1) is 18.8 Å². The highest BCUT2D eigenvalue weighted by atomic mass is 16.5. The second-order valence-corrected chi connectivity index (χ2v) is 5.75. The molecule has 3 heteroatoms. The number of anilines is 1. The highest BCUT2D eigenvalue weighted by Gasteiger charge is 2.38. The van der Waals surface area contributed by atoms with Gasteiger partial charge in [-0.25, -0.2) is 0 Å². The maximum absolute atomic E-state index is 11.9. The van der Waals surface area contributed by atoms with Crippen LogP contribution >= 0.6 is 0 Å². The summed E-state index contributed by atoms with van der Waals surface area (Å²) in [6, 6.07) is 15.4. The molecule has 0 heterocycles. The molecule has 0 aromatic heterocycles. The van der Waals surface area contributed by atoms with Crippen molar-refractivity contribution in [3.8, 4) is 11.5 Å². The molecule has 3 nitrogen and oxygen atoms in total. The molecule has 0 radical (unpaired) electrons. The number of ether oxygens (including phenoxy) is 1.